The summed E-state index contributed by atoms with van der Waals surface area (Å²) in [5, 5.41) is 19.5. The number of aromatic carboxylic acids is 1. The van der Waals surface area contributed by atoms with Crippen LogP contribution in [0.3, 0.4) is 0 Å². The predicted molar refractivity (Wildman–Crippen MR) is 57.0 cm³/mol. The Labute approximate surface area is 85.6 Å². The average Bonchev–Trinajstić information content (AvgIpc) is 2.23. The second-order valence-corrected chi connectivity index (χ2v) is 3.21. The van der Waals surface area contributed by atoms with E-state index >= 15 is 0 Å². The van der Waals surface area contributed by atoms with E-state index in [1.165, 1.54) is 6.07 Å². The standard InChI is InChI=1S/C11H9NO3/c12-9-5-8(11(14)15)6-3-1-2-4-7(6)10(9)13/h1-5,13H,12H2,(H,14,15). The van der Waals surface area contributed by atoms with Crippen LogP contribution in [0.2, 0.25) is 0 Å². The fourth-order valence-corrected chi connectivity index (χ4v) is 1.56. The van der Waals surface area contributed by atoms with Crippen LogP contribution in [-0.4, -0.2) is 16.2 Å². The van der Waals surface area contributed by atoms with Crippen molar-refractivity contribution in [3.8, 4) is 5.75 Å². The Kier molecular flexibility index (Phi) is 1.97. The number of phenols is 1. The summed E-state index contributed by atoms with van der Waals surface area (Å²) < 4.78 is 0. The van der Waals surface area contributed by atoms with Crippen molar-refractivity contribution >= 4 is 22.4 Å². The average molecular weight is 203 g/mol. The molecule has 0 aliphatic rings. The Bertz CT molecular complexity index is 549. The number of hydrogen-bond acceptors (Lipinski definition) is 3. The van der Waals surface area contributed by atoms with E-state index < -0.39 is 5.97 Å². The third kappa shape index (κ3) is 1.36. The van der Waals surface area contributed by atoms with Crippen molar-refractivity contribution in [2.45, 2.75) is 0 Å². The molecule has 0 saturated heterocycles. The number of hydrogen-bond donors (Lipinski definition) is 3. The number of aromatic hydroxyl groups is 1. The van der Waals surface area contributed by atoms with E-state index in [2.05, 4.69) is 0 Å². The van der Waals surface area contributed by atoms with E-state index in [1.807, 2.05) is 0 Å². The van der Waals surface area contributed by atoms with Crippen LogP contribution in [0.5, 0.6) is 5.75 Å². The van der Waals surface area contributed by atoms with Crippen molar-refractivity contribution in [2.75, 3.05) is 5.73 Å². The molecule has 0 aromatic heterocycles. The van der Waals surface area contributed by atoms with E-state index in [0.29, 0.717) is 10.8 Å². The minimum absolute atomic E-state index is 0.0735. The highest BCUT2D eigenvalue weighted by molar-refractivity contribution is 6.07. The summed E-state index contributed by atoms with van der Waals surface area (Å²) >= 11 is 0. The van der Waals surface area contributed by atoms with Crippen LogP contribution in [0.15, 0.2) is 30.3 Å². The third-order valence-corrected chi connectivity index (χ3v) is 2.28. The number of anilines is 1. The smallest absolute Gasteiger partial charge is 0.336 e. The van der Waals surface area contributed by atoms with Crippen molar-refractivity contribution < 1.29 is 15.0 Å². The summed E-state index contributed by atoms with van der Waals surface area (Å²) in [6, 6.07) is 7.96. The van der Waals surface area contributed by atoms with Gasteiger partial charge in [-0.2, -0.15) is 0 Å². The largest absolute Gasteiger partial charge is 0.505 e. The molecule has 0 aliphatic carbocycles. The molecule has 0 radical (unpaired) electrons. The van der Waals surface area contributed by atoms with Gasteiger partial charge in [-0.15, -0.1) is 0 Å². The summed E-state index contributed by atoms with van der Waals surface area (Å²) in [6.07, 6.45) is 0. The van der Waals surface area contributed by atoms with E-state index in [9.17, 15) is 9.90 Å². The highest BCUT2D eigenvalue weighted by Crippen LogP contribution is 2.33. The van der Waals surface area contributed by atoms with Crippen molar-refractivity contribution in [3.63, 3.8) is 0 Å². The Hall–Kier alpha value is -2.23. The van der Waals surface area contributed by atoms with Gasteiger partial charge in [-0.25, -0.2) is 4.79 Å². The molecule has 2 rings (SSSR count). The van der Waals surface area contributed by atoms with Gasteiger partial charge in [0, 0.05) is 10.8 Å². The second-order valence-electron chi connectivity index (χ2n) is 3.21. The molecule has 0 unspecified atom stereocenters. The van der Waals surface area contributed by atoms with Crippen LogP contribution in [0.1, 0.15) is 10.4 Å². The number of fused-ring (bicyclic) bond motifs is 1. The Morgan fingerprint density at radius 1 is 1.20 bits per heavy atom. The second kappa shape index (κ2) is 3.16. The summed E-state index contributed by atoms with van der Waals surface area (Å²) in [7, 11) is 0. The van der Waals surface area contributed by atoms with Crippen molar-refractivity contribution in [1.82, 2.24) is 0 Å². The zero-order valence-electron chi connectivity index (χ0n) is 7.77. The van der Waals surface area contributed by atoms with E-state index in [0.717, 1.165) is 0 Å². The minimum Gasteiger partial charge on any atom is -0.505 e. The molecule has 2 aromatic rings. The molecule has 0 aliphatic heterocycles. The number of rotatable bonds is 1. The molecule has 2 aromatic carbocycles. The number of nitrogen functional groups attached to an aromatic ring is 1. The van der Waals surface area contributed by atoms with Gasteiger partial charge in [0.25, 0.3) is 0 Å². The molecular weight excluding hydrogens is 194 g/mol. The molecule has 0 amide bonds. The molecule has 0 saturated carbocycles. The highest BCUT2D eigenvalue weighted by Gasteiger charge is 2.13. The molecule has 4 nitrogen and oxygen atoms in total. The van der Waals surface area contributed by atoms with Crippen LogP contribution in [0.4, 0.5) is 5.69 Å². The lowest BCUT2D eigenvalue weighted by Gasteiger charge is -2.07. The van der Waals surface area contributed by atoms with Gasteiger partial charge in [0.15, 0.2) is 0 Å². The molecular formula is C11H9NO3. The molecule has 15 heavy (non-hydrogen) atoms. The van der Waals surface area contributed by atoms with Gasteiger partial charge in [-0.1, -0.05) is 24.3 Å². The first-order valence-electron chi connectivity index (χ1n) is 4.34. The van der Waals surface area contributed by atoms with Crippen LogP contribution in [0.25, 0.3) is 10.8 Å². The predicted octanol–water partition coefficient (Wildman–Crippen LogP) is 1.83. The van der Waals surface area contributed by atoms with Crippen LogP contribution in [-0.2, 0) is 0 Å². The molecule has 0 spiro atoms. The van der Waals surface area contributed by atoms with Gasteiger partial charge in [-0.05, 0) is 6.07 Å². The van der Waals surface area contributed by atoms with Crippen LogP contribution < -0.4 is 5.73 Å². The maximum atomic E-state index is 10.9. The van der Waals surface area contributed by atoms with Gasteiger partial charge in [0.05, 0.1) is 11.3 Å². The molecule has 0 heterocycles. The molecule has 0 atom stereocenters. The van der Waals surface area contributed by atoms with E-state index in [-0.39, 0.29) is 17.0 Å². The van der Waals surface area contributed by atoms with Gasteiger partial charge in [0.1, 0.15) is 5.75 Å². The quantitative estimate of drug-likeness (QED) is 0.487. The number of carboxylic acid groups (broad SMARTS) is 1. The number of benzene rings is 2. The zero-order valence-corrected chi connectivity index (χ0v) is 7.77. The first-order valence-corrected chi connectivity index (χ1v) is 4.34. The van der Waals surface area contributed by atoms with Gasteiger partial charge in [0.2, 0.25) is 0 Å². The maximum absolute atomic E-state index is 10.9. The fraction of sp³-hybridized carbons (Fsp3) is 0. The third-order valence-electron chi connectivity index (χ3n) is 2.28. The summed E-state index contributed by atoms with van der Waals surface area (Å²) in [4.78, 5) is 10.9. The lowest BCUT2D eigenvalue weighted by atomic mass is 10.0. The van der Waals surface area contributed by atoms with Gasteiger partial charge >= 0.3 is 5.97 Å². The molecule has 76 valence electrons. The van der Waals surface area contributed by atoms with Crippen LogP contribution >= 0.6 is 0 Å². The SMILES string of the molecule is Nc1cc(C(=O)O)c2ccccc2c1O. The maximum Gasteiger partial charge on any atom is 0.336 e. The summed E-state index contributed by atoms with van der Waals surface area (Å²) in [5.74, 6) is -1.13. The fourth-order valence-electron chi connectivity index (χ4n) is 1.56. The molecule has 4 heteroatoms. The first kappa shape index (κ1) is 9.33. The van der Waals surface area contributed by atoms with E-state index in [4.69, 9.17) is 10.8 Å². The number of phenolic OH excluding ortho intramolecular Hbond substituents is 1. The van der Waals surface area contributed by atoms with Crippen molar-refractivity contribution in [2.24, 2.45) is 0 Å². The van der Waals surface area contributed by atoms with Crippen LogP contribution in [0, 0.1) is 0 Å². The lowest BCUT2D eigenvalue weighted by molar-refractivity contribution is 0.0699. The Morgan fingerprint density at radius 2 is 1.80 bits per heavy atom. The number of carbonyl (C=O) groups is 1. The Balaban J connectivity index is 2.94. The number of nitrogens with two attached hydrogens (primary N) is 1. The monoisotopic (exact) mass is 203 g/mol. The summed E-state index contributed by atoms with van der Waals surface area (Å²) in [5.41, 5.74) is 5.68. The first-order chi connectivity index (χ1) is 7.11. The number of carboxylic acids is 1. The highest BCUT2D eigenvalue weighted by atomic mass is 16.4. The zero-order chi connectivity index (χ0) is 11.0. The normalized spacial score (nSPS) is 10.4. The molecule has 4 N–H and O–H groups in total. The van der Waals surface area contributed by atoms with Gasteiger partial charge < -0.3 is 15.9 Å². The van der Waals surface area contributed by atoms with Gasteiger partial charge in [-0.3, -0.25) is 0 Å². The molecule has 0 fully saturated rings. The Morgan fingerprint density at radius 3 is 2.40 bits per heavy atom. The lowest BCUT2D eigenvalue weighted by Crippen LogP contribution is -1.99. The van der Waals surface area contributed by atoms with Crippen molar-refractivity contribution in [3.05, 3.63) is 35.9 Å². The molecule has 0 bridgehead atoms. The summed E-state index contributed by atoms with van der Waals surface area (Å²) in [6.45, 7) is 0. The van der Waals surface area contributed by atoms with E-state index in [1.54, 1.807) is 24.3 Å². The minimum atomic E-state index is -1.06. The topological polar surface area (TPSA) is 83.6 Å². The van der Waals surface area contributed by atoms with Crippen molar-refractivity contribution in [1.29, 1.82) is 0 Å².